The Morgan fingerprint density at radius 3 is 2.49 bits per heavy atom. The summed E-state index contributed by atoms with van der Waals surface area (Å²) in [7, 11) is 0. The number of aromatic nitrogens is 1. The molecule has 37 heavy (non-hydrogen) atoms. The summed E-state index contributed by atoms with van der Waals surface area (Å²) < 4.78 is 5.86. The molecule has 0 spiro atoms. The average molecular weight is 546 g/mol. The van der Waals surface area contributed by atoms with Crippen LogP contribution in [0.25, 0.3) is 0 Å². The summed E-state index contributed by atoms with van der Waals surface area (Å²) in [6.45, 7) is 2.30. The normalized spacial score (nSPS) is 20.0. The number of nitrogens with one attached hydrogen (secondary N) is 1. The molecule has 3 heterocycles. The molecule has 0 radical (unpaired) electrons. The Labute approximate surface area is 223 Å². The number of nitrogens with zero attached hydrogens (tertiary/aromatic N) is 3. The number of hydrogen-bond donors (Lipinski definition) is 3. The number of benzene rings is 1. The number of halogens is 2. The molecule has 1 fully saturated rings. The zero-order valence-electron chi connectivity index (χ0n) is 19.9. The fraction of sp³-hybridized carbons (Fsp3) is 0.280. The van der Waals surface area contributed by atoms with E-state index in [9.17, 15) is 14.4 Å². The maximum absolute atomic E-state index is 13.9. The van der Waals surface area contributed by atoms with E-state index in [1.165, 1.54) is 4.90 Å². The monoisotopic (exact) mass is 545 g/mol. The van der Waals surface area contributed by atoms with Crippen LogP contribution in [0, 0.1) is 0 Å². The second kappa shape index (κ2) is 10.8. The second-order valence-electron chi connectivity index (χ2n) is 8.69. The van der Waals surface area contributed by atoms with Gasteiger partial charge in [-0.05, 0) is 48.4 Å². The van der Waals surface area contributed by atoms with Gasteiger partial charge in [0.2, 0.25) is 5.91 Å². The van der Waals surface area contributed by atoms with Gasteiger partial charge in [-0.3, -0.25) is 19.6 Å². The van der Waals surface area contributed by atoms with Gasteiger partial charge in [-0.15, -0.1) is 0 Å². The lowest BCUT2D eigenvalue weighted by atomic mass is 9.85. The molecular formula is C25H25Cl2N5O5. The molecular weight excluding hydrogens is 521 g/mol. The molecule has 0 bridgehead atoms. The Morgan fingerprint density at radius 2 is 1.92 bits per heavy atom. The van der Waals surface area contributed by atoms with Gasteiger partial charge in [0.05, 0.1) is 0 Å². The van der Waals surface area contributed by atoms with E-state index >= 15 is 0 Å². The number of pyridine rings is 1. The van der Waals surface area contributed by atoms with Gasteiger partial charge in [-0.1, -0.05) is 41.4 Å². The maximum atomic E-state index is 13.9. The van der Waals surface area contributed by atoms with Crippen molar-refractivity contribution in [2.45, 2.75) is 31.5 Å². The summed E-state index contributed by atoms with van der Waals surface area (Å²) in [6, 6.07) is 9.51. The molecule has 0 aliphatic carbocycles. The van der Waals surface area contributed by atoms with Crippen molar-refractivity contribution in [1.29, 1.82) is 0 Å². The van der Waals surface area contributed by atoms with Gasteiger partial charge in [0.1, 0.15) is 34.2 Å². The minimum Gasteiger partial charge on any atom is -0.489 e. The van der Waals surface area contributed by atoms with Crippen molar-refractivity contribution >= 4 is 40.9 Å². The molecule has 1 unspecified atom stereocenters. The second-order valence-corrected chi connectivity index (χ2v) is 9.46. The SMILES string of the molecule is C[C@H](C(=O)NO)N1CCC(c2ccc(OCc3cc(Cl)nc(Cl)c3)cc2)(N2C=CC(C(N)=O)=CC2)C1=O. The molecule has 3 amide bonds. The van der Waals surface area contributed by atoms with Crippen molar-refractivity contribution in [3.63, 3.8) is 0 Å². The molecule has 194 valence electrons. The quantitative estimate of drug-likeness (QED) is 0.263. The summed E-state index contributed by atoms with van der Waals surface area (Å²) in [5, 5.41) is 9.61. The summed E-state index contributed by atoms with van der Waals surface area (Å²) in [6.07, 6.45) is 5.26. The van der Waals surface area contributed by atoms with Crippen LogP contribution in [0.2, 0.25) is 10.3 Å². The van der Waals surface area contributed by atoms with Crippen LogP contribution in [0.3, 0.4) is 0 Å². The van der Waals surface area contributed by atoms with Crippen LogP contribution in [0.5, 0.6) is 5.75 Å². The molecule has 1 saturated heterocycles. The first-order valence-corrected chi connectivity index (χ1v) is 12.2. The lowest BCUT2D eigenvalue weighted by Gasteiger charge is -2.40. The van der Waals surface area contributed by atoms with Crippen molar-refractivity contribution in [2.24, 2.45) is 5.73 Å². The van der Waals surface area contributed by atoms with Gasteiger partial charge < -0.3 is 20.3 Å². The number of nitrogens with two attached hydrogens (primary N) is 1. The third kappa shape index (κ3) is 5.27. The average Bonchev–Trinajstić information content (AvgIpc) is 3.24. The first-order valence-electron chi connectivity index (χ1n) is 11.4. The van der Waals surface area contributed by atoms with Crippen LogP contribution in [0.4, 0.5) is 0 Å². The number of ether oxygens (including phenoxy) is 1. The predicted molar refractivity (Wildman–Crippen MR) is 136 cm³/mol. The highest BCUT2D eigenvalue weighted by Crippen LogP contribution is 2.41. The molecule has 12 heteroatoms. The van der Waals surface area contributed by atoms with E-state index < -0.39 is 23.4 Å². The van der Waals surface area contributed by atoms with E-state index in [0.717, 1.165) is 5.56 Å². The van der Waals surface area contributed by atoms with Gasteiger partial charge in [-0.25, -0.2) is 10.5 Å². The van der Waals surface area contributed by atoms with Crippen molar-refractivity contribution < 1.29 is 24.3 Å². The van der Waals surface area contributed by atoms with Gasteiger partial charge in [0, 0.05) is 31.3 Å². The smallest absolute Gasteiger partial charge is 0.265 e. The Hall–Kier alpha value is -3.60. The molecule has 10 nitrogen and oxygen atoms in total. The number of hydroxylamine groups is 1. The van der Waals surface area contributed by atoms with Crippen LogP contribution in [-0.4, -0.2) is 56.8 Å². The Balaban J connectivity index is 1.62. The van der Waals surface area contributed by atoms with E-state index in [4.69, 9.17) is 38.9 Å². The molecule has 2 aromatic rings. The molecule has 1 aromatic carbocycles. The largest absolute Gasteiger partial charge is 0.489 e. The number of amides is 3. The lowest BCUT2D eigenvalue weighted by molar-refractivity contribution is -0.146. The van der Waals surface area contributed by atoms with Crippen molar-refractivity contribution in [3.05, 3.63) is 81.8 Å². The van der Waals surface area contributed by atoms with Crippen LogP contribution in [-0.2, 0) is 26.5 Å². The fourth-order valence-corrected chi connectivity index (χ4v) is 5.09. The topological polar surface area (TPSA) is 138 Å². The van der Waals surface area contributed by atoms with Crippen molar-refractivity contribution in [1.82, 2.24) is 20.3 Å². The standard InChI is InChI=1S/C25H25Cl2N5O5/c1-15(23(34)30-36)32-11-8-25(24(32)35,31-9-6-17(7-10-31)22(28)33)18-2-4-19(5-3-18)37-14-16-12-20(26)29-21(27)13-16/h2-7,9,12-13,15,36H,8,10-11,14H2,1H3,(H2,28,33)(H,30,34)/t15-,25?/m1/s1. The highest BCUT2D eigenvalue weighted by Gasteiger charge is 2.53. The number of carbonyl (C=O) groups excluding carboxylic acids is 3. The zero-order chi connectivity index (χ0) is 26.7. The summed E-state index contributed by atoms with van der Waals surface area (Å²) >= 11 is 11.9. The van der Waals surface area contributed by atoms with Crippen molar-refractivity contribution in [3.8, 4) is 5.75 Å². The van der Waals surface area contributed by atoms with E-state index in [1.807, 2.05) is 4.90 Å². The molecule has 2 aliphatic heterocycles. The third-order valence-electron chi connectivity index (χ3n) is 6.56. The van der Waals surface area contributed by atoms with E-state index in [1.54, 1.807) is 67.2 Å². The van der Waals surface area contributed by atoms with Crippen molar-refractivity contribution in [2.75, 3.05) is 13.1 Å². The van der Waals surface area contributed by atoms with Crippen LogP contribution in [0.1, 0.15) is 24.5 Å². The molecule has 1 aromatic heterocycles. The van der Waals surface area contributed by atoms with E-state index in [0.29, 0.717) is 23.3 Å². The number of rotatable bonds is 8. The lowest BCUT2D eigenvalue weighted by Crippen LogP contribution is -2.53. The maximum Gasteiger partial charge on any atom is 0.265 e. The summed E-state index contributed by atoms with van der Waals surface area (Å²) in [5.41, 5.74) is 7.64. The highest BCUT2D eigenvalue weighted by atomic mass is 35.5. The Morgan fingerprint density at radius 1 is 1.24 bits per heavy atom. The fourth-order valence-electron chi connectivity index (χ4n) is 4.59. The number of likely N-dealkylation sites (tertiary alicyclic amines) is 1. The molecule has 2 aliphatic rings. The minimum absolute atomic E-state index is 0.211. The molecule has 4 N–H and O–H groups in total. The Bertz CT molecular complexity index is 1260. The van der Waals surface area contributed by atoms with Gasteiger partial charge in [0.15, 0.2) is 0 Å². The zero-order valence-corrected chi connectivity index (χ0v) is 21.4. The minimum atomic E-state index is -1.15. The van der Waals surface area contributed by atoms with Crippen LogP contribution >= 0.6 is 23.2 Å². The van der Waals surface area contributed by atoms with E-state index in [-0.39, 0.29) is 35.9 Å². The first kappa shape index (κ1) is 26.5. The molecule has 2 atom stereocenters. The van der Waals surface area contributed by atoms with Gasteiger partial charge in [0.25, 0.3) is 11.8 Å². The van der Waals surface area contributed by atoms with E-state index in [2.05, 4.69) is 4.98 Å². The number of carbonyl (C=O) groups is 3. The predicted octanol–water partition coefficient (Wildman–Crippen LogP) is 2.53. The van der Waals surface area contributed by atoms with Crippen LogP contribution in [0.15, 0.2) is 60.3 Å². The Kier molecular flexibility index (Phi) is 7.72. The molecule has 0 saturated carbocycles. The number of primary amides is 1. The molecule has 4 rings (SSSR count). The highest BCUT2D eigenvalue weighted by molar-refractivity contribution is 6.32. The third-order valence-corrected chi connectivity index (χ3v) is 6.95. The van der Waals surface area contributed by atoms with Gasteiger partial charge >= 0.3 is 0 Å². The first-order chi connectivity index (χ1) is 17.6. The number of hydrogen-bond acceptors (Lipinski definition) is 7. The van der Waals surface area contributed by atoms with Gasteiger partial charge in [-0.2, -0.15) is 0 Å². The summed E-state index contributed by atoms with van der Waals surface area (Å²) in [5.74, 6) is -0.993. The van der Waals surface area contributed by atoms with Crippen LogP contribution < -0.4 is 16.0 Å². The summed E-state index contributed by atoms with van der Waals surface area (Å²) in [4.78, 5) is 44.7.